The van der Waals surface area contributed by atoms with Crippen molar-refractivity contribution >= 4 is 11.6 Å². The number of aliphatic hydroxyl groups is 1. The lowest BCUT2D eigenvalue weighted by Crippen LogP contribution is -2.33. The van der Waals surface area contributed by atoms with Crippen molar-refractivity contribution < 1.29 is 18.7 Å². The van der Waals surface area contributed by atoms with Gasteiger partial charge in [0.2, 0.25) is 5.91 Å². The van der Waals surface area contributed by atoms with Crippen LogP contribution in [0.4, 0.5) is 14.5 Å². The van der Waals surface area contributed by atoms with E-state index in [-0.39, 0.29) is 36.6 Å². The first-order chi connectivity index (χ1) is 13.9. The van der Waals surface area contributed by atoms with Gasteiger partial charge in [0.05, 0.1) is 0 Å². The second-order valence-electron chi connectivity index (χ2n) is 6.43. The fraction of sp³-hybridized carbons (Fsp3) is 0.190. The Hall–Kier alpha value is -3.39. The number of hydrogen-bond acceptors (Lipinski definition) is 4. The molecule has 2 aromatic carbocycles. The van der Waals surface area contributed by atoms with Gasteiger partial charge >= 0.3 is 0 Å². The Morgan fingerprint density at radius 1 is 1.14 bits per heavy atom. The van der Waals surface area contributed by atoms with Gasteiger partial charge in [0.15, 0.2) is 0 Å². The maximum Gasteiger partial charge on any atom is 0.257 e. The molecule has 2 N–H and O–H groups in total. The highest BCUT2D eigenvalue weighted by atomic mass is 19.1. The zero-order valence-electron chi connectivity index (χ0n) is 15.7. The summed E-state index contributed by atoms with van der Waals surface area (Å²) in [6, 6.07) is 10.8. The molecule has 0 bridgehead atoms. The molecule has 150 valence electrons. The Labute approximate surface area is 165 Å². The summed E-state index contributed by atoms with van der Waals surface area (Å²) in [6.45, 7) is 1.01. The number of aliphatic hydroxyl groups excluding tert-OH is 1. The Balaban J connectivity index is 2.02. The summed E-state index contributed by atoms with van der Waals surface area (Å²) in [5.41, 5.74) is 0.949. The van der Waals surface area contributed by atoms with Gasteiger partial charge in [0.25, 0.3) is 5.56 Å². The third kappa shape index (κ3) is 4.72. The third-order valence-corrected chi connectivity index (χ3v) is 4.34. The topological polar surface area (TPSA) is 84.2 Å². The van der Waals surface area contributed by atoms with E-state index in [2.05, 4.69) is 10.3 Å². The summed E-state index contributed by atoms with van der Waals surface area (Å²) in [4.78, 5) is 29.9. The Morgan fingerprint density at radius 2 is 1.86 bits per heavy atom. The van der Waals surface area contributed by atoms with E-state index in [9.17, 15) is 23.5 Å². The van der Waals surface area contributed by atoms with Crippen molar-refractivity contribution in [3.05, 3.63) is 81.8 Å². The summed E-state index contributed by atoms with van der Waals surface area (Å²) in [5.74, 6) is -1.31. The van der Waals surface area contributed by atoms with E-state index >= 15 is 0 Å². The highest BCUT2D eigenvalue weighted by molar-refractivity contribution is 5.90. The maximum atomic E-state index is 13.3. The standard InChI is InChI=1S/C21H19F2N3O3/c1-13-18(9-10-27)21(29)26(20(24-13)14-5-7-15(22)8-6-14)12-19(28)25-17-4-2-3-16(23)11-17/h2-8,11,27H,9-10,12H2,1H3,(H,25,28). The monoisotopic (exact) mass is 399 g/mol. The molecule has 29 heavy (non-hydrogen) atoms. The van der Waals surface area contributed by atoms with Crippen LogP contribution in [-0.2, 0) is 17.8 Å². The summed E-state index contributed by atoms with van der Waals surface area (Å²) in [7, 11) is 0. The SMILES string of the molecule is Cc1nc(-c2ccc(F)cc2)n(CC(=O)Nc2cccc(F)c2)c(=O)c1CCO. The molecule has 0 radical (unpaired) electrons. The first-order valence-corrected chi connectivity index (χ1v) is 8.91. The minimum Gasteiger partial charge on any atom is -0.396 e. The number of halogens is 2. The molecule has 1 aromatic heterocycles. The molecule has 6 nitrogen and oxygen atoms in total. The first-order valence-electron chi connectivity index (χ1n) is 8.91. The average molecular weight is 399 g/mol. The molecule has 8 heteroatoms. The predicted octanol–water partition coefficient (Wildman–Crippen LogP) is 2.67. The highest BCUT2D eigenvalue weighted by Crippen LogP contribution is 2.18. The molecular weight excluding hydrogens is 380 g/mol. The van der Waals surface area contributed by atoms with Crippen LogP contribution in [0.25, 0.3) is 11.4 Å². The third-order valence-electron chi connectivity index (χ3n) is 4.34. The largest absolute Gasteiger partial charge is 0.396 e. The minimum atomic E-state index is -0.554. The number of benzene rings is 2. The zero-order chi connectivity index (χ0) is 21.0. The van der Waals surface area contributed by atoms with Gasteiger partial charge in [-0.3, -0.25) is 14.2 Å². The molecule has 1 heterocycles. The van der Waals surface area contributed by atoms with Gasteiger partial charge in [-0.25, -0.2) is 13.8 Å². The summed E-state index contributed by atoms with van der Waals surface area (Å²) in [6.07, 6.45) is 0.0902. The molecule has 1 amide bonds. The number of aromatic nitrogens is 2. The quantitative estimate of drug-likeness (QED) is 0.668. The van der Waals surface area contributed by atoms with Gasteiger partial charge in [-0.2, -0.15) is 0 Å². The lowest BCUT2D eigenvalue weighted by Gasteiger charge is -2.16. The molecule has 0 atom stereocenters. The summed E-state index contributed by atoms with van der Waals surface area (Å²) >= 11 is 0. The van der Waals surface area contributed by atoms with Gasteiger partial charge < -0.3 is 10.4 Å². The van der Waals surface area contributed by atoms with Crippen LogP contribution in [-0.4, -0.2) is 27.2 Å². The van der Waals surface area contributed by atoms with E-state index in [1.165, 1.54) is 47.0 Å². The van der Waals surface area contributed by atoms with Crippen LogP contribution in [0, 0.1) is 18.6 Å². The van der Waals surface area contributed by atoms with E-state index < -0.39 is 23.1 Å². The number of hydrogen-bond donors (Lipinski definition) is 2. The number of anilines is 1. The second kappa shape index (κ2) is 8.74. The van der Waals surface area contributed by atoms with Gasteiger partial charge in [0, 0.05) is 35.5 Å². The van der Waals surface area contributed by atoms with E-state index in [1.54, 1.807) is 6.92 Å². The van der Waals surface area contributed by atoms with Crippen molar-refractivity contribution in [3.63, 3.8) is 0 Å². The number of nitrogens with one attached hydrogen (secondary N) is 1. The molecule has 3 rings (SSSR count). The Kier molecular flexibility index (Phi) is 6.13. The molecule has 0 saturated heterocycles. The summed E-state index contributed by atoms with van der Waals surface area (Å²) < 4.78 is 27.8. The van der Waals surface area contributed by atoms with Crippen LogP contribution in [0.1, 0.15) is 11.3 Å². The number of carbonyl (C=O) groups is 1. The molecule has 0 fully saturated rings. The maximum absolute atomic E-state index is 13.3. The predicted molar refractivity (Wildman–Crippen MR) is 104 cm³/mol. The zero-order valence-corrected chi connectivity index (χ0v) is 15.7. The molecular formula is C21H19F2N3O3. The van der Waals surface area contributed by atoms with Crippen molar-refractivity contribution in [1.82, 2.24) is 9.55 Å². The second-order valence-corrected chi connectivity index (χ2v) is 6.43. The molecule has 3 aromatic rings. The van der Waals surface area contributed by atoms with Crippen LogP contribution in [0.3, 0.4) is 0 Å². The highest BCUT2D eigenvalue weighted by Gasteiger charge is 2.18. The van der Waals surface area contributed by atoms with E-state index in [4.69, 9.17) is 0 Å². The van der Waals surface area contributed by atoms with Gasteiger partial charge in [-0.15, -0.1) is 0 Å². The Bertz CT molecular complexity index is 1100. The molecule has 0 aliphatic rings. The van der Waals surface area contributed by atoms with E-state index in [0.29, 0.717) is 11.3 Å². The van der Waals surface area contributed by atoms with Crippen molar-refractivity contribution in [2.75, 3.05) is 11.9 Å². The van der Waals surface area contributed by atoms with Crippen molar-refractivity contribution in [3.8, 4) is 11.4 Å². The molecule has 0 saturated carbocycles. The van der Waals surface area contributed by atoms with Crippen molar-refractivity contribution in [1.29, 1.82) is 0 Å². The lowest BCUT2D eigenvalue weighted by molar-refractivity contribution is -0.116. The molecule has 0 unspecified atom stereocenters. The fourth-order valence-electron chi connectivity index (χ4n) is 2.98. The fourth-order valence-corrected chi connectivity index (χ4v) is 2.98. The molecule has 0 spiro atoms. The average Bonchev–Trinajstić information content (AvgIpc) is 2.68. The number of amides is 1. The van der Waals surface area contributed by atoms with Gasteiger partial charge in [-0.05, 0) is 49.4 Å². The van der Waals surface area contributed by atoms with E-state index in [0.717, 1.165) is 6.07 Å². The normalized spacial score (nSPS) is 10.8. The summed E-state index contributed by atoms with van der Waals surface area (Å²) in [5, 5.41) is 11.8. The van der Waals surface area contributed by atoms with Crippen LogP contribution in [0.5, 0.6) is 0 Å². The molecule has 0 aliphatic heterocycles. The van der Waals surface area contributed by atoms with Crippen LogP contribution < -0.4 is 10.9 Å². The van der Waals surface area contributed by atoms with Crippen LogP contribution >= 0.6 is 0 Å². The Morgan fingerprint density at radius 3 is 2.52 bits per heavy atom. The van der Waals surface area contributed by atoms with Crippen molar-refractivity contribution in [2.24, 2.45) is 0 Å². The number of carbonyl (C=O) groups excluding carboxylic acids is 1. The van der Waals surface area contributed by atoms with Crippen LogP contribution in [0.2, 0.25) is 0 Å². The van der Waals surface area contributed by atoms with E-state index in [1.807, 2.05) is 0 Å². The number of aryl methyl sites for hydroxylation is 1. The number of nitrogens with zero attached hydrogens (tertiary/aromatic N) is 2. The number of rotatable bonds is 6. The van der Waals surface area contributed by atoms with Gasteiger partial charge in [-0.1, -0.05) is 6.07 Å². The smallest absolute Gasteiger partial charge is 0.257 e. The van der Waals surface area contributed by atoms with Crippen molar-refractivity contribution in [2.45, 2.75) is 19.9 Å². The van der Waals surface area contributed by atoms with Crippen LogP contribution in [0.15, 0.2) is 53.3 Å². The van der Waals surface area contributed by atoms with Gasteiger partial charge in [0.1, 0.15) is 24.0 Å². The lowest BCUT2D eigenvalue weighted by atomic mass is 10.1. The first kappa shape index (κ1) is 20.3. The minimum absolute atomic E-state index is 0.0902. The molecule has 0 aliphatic carbocycles.